The Bertz CT molecular complexity index is 962. The van der Waals surface area contributed by atoms with Gasteiger partial charge < -0.3 is 4.74 Å². The third kappa shape index (κ3) is 6.66. The Kier molecular flexibility index (Phi) is 9.27. The van der Waals surface area contributed by atoms with Gasteiger partial charge in [-0.15, -0.1) is 0 Å². The van der Waals surface area contributed by atoms with Crippen molar-refractivity contribution in [3.05, 3.63) is 89.0 Å². The van der Waals surface area contributed by atoms with Gasteiger partial charge in [-0.05, 0) is 66.5 Å². The Morgan fingerprint density at radius 3 is 1.78 bits per heavy atom. The van der Waals surface area contributed by atoms with Gasteiger partial charge in [-0.2, -0.15) is 4.39 Å². The van der Waals surface area contributed by atoms with E-state index in [1.54, 1.807) is 13.0 Å². The maximum atomic E-state index is 14.3. The molecule has 3 rings (SSSR count). The molecule has 0 aliphatic rings. The van der Waals surface area contributed by atoms with E-state index in [0.29, 0.717) is 25.0 Å². The molecular weight excluding hydrogens is 402 g/mol. The van der Waals surface area contributed by atoms with Crippen LogP contribution in [0.25, 0.3) is 11.1 Å². The third-order valence-electron chi connectivity index (χ3n) is 5.92. The van der Waals surface area contributed by atoms with E-state index in [0.717, 1.165) is 12.0 Å². The van der Waals surface area contributed by atoms with Crippen LogP contribution in [0.1, 0.15) is 62.6 Å². The molecule has 0 aliphatic carbocycles. The molecule has 170 valence electrons. The van der Waals surface area contributed by atoms with Gasteiger partial charge in [0, 0.05) is 0 Å². The Morgan fingerprint density at radius 2 is 1.19 bits per heavy atom. The van der Waals surface area contributed by atoms with Gasteiger partial charge in [-0.1, -0.05) is 87.2 Å². The van der Waals surface area contributed by atoms with E-state index in [1.807, 2.05) is 0 Å². The van der Waals surface area contributed by atoms with Crippen molar-refractivity contribution in [3.8, 4) is 16.9 Å². The minimum absolute atomic E-state index is 0.0272. The number of rotatable bonds is 12. The van der Waals surface area contributed by atoms with Crippen LogP contribution in [0, 0.1) is 11.6 Å². The summed E-state index contributed by atoms with van der Waals surface area (Å²) in [6.45, 7) is 4.30. The summed E-state index contributed by atoms with van der Waals surface area (Å²) in [6, 6.07) is 20.3. The Labute approximate surface area is 191 Å². The van der Waals surface area contributed by atoms with Gasteiger partial charge in [0.05, 0.1) is 6.61 Å². The first-order valence-electron chi connectivity index (χ1n) is 11.9. The lowest BCUT2D eigenvalue weighted by molar-refractivity contribution is 0.313. The first kappa shape index (κ1) is 24.0. The molecule has 0 N–H and O–H groups in total. The highest BCUT2D eigenvalue weighted by atomic mass is 19.2. The van der Waals surface area contributed by atoms with Crippen molar-refractivity contribution in [1.82, 2.24) is 0 Å². The number of halogens is 2. The van der Waals surface area contributed by atoms with Gasteiger partial charge >= 0.3 is 0 Å². The van der Waals surface area contributed by atoms with Crippen LogP contribution in [0.2, 0.25) is 0 Å². The van der Waals surface area contributed by atoms with Crippen LogP contribution in [0.5, 0.6) is 5.75 Å². The van der Waals surface area contributed by atoms with Crippen molar-refractivity contribution in [3.63, 3.8) is 0 Å². The number of hydrogen-bond acceptors (Lipinski definition) is 1. The number of unbranched alkanes of at least 4 members (excludes halogenated alkanes) is 4. The Balaban J connectivity index is 1.54. The van der Waals surface area contributed by atoms with E-state index in [2.05, 4.69) is 55.5 Å². The highest BCUT2D eigenvalue weighted by Crippen LogP contribution is 2.25. The second kappa shape index (κ2) is 12.4. The fraction of sp³-hybridized carbons (Fsp3) is 0.379. The van der Waals surface area contributed by atoms with Crippen molar-refractivity contribution in [2.75, 3.05) is 6.61 Å². The molecule has 32 heavy (non-hydrogen) atoms. The average molecular weight is 437 g/mol. The maximum Gasteiger partial charge on any atom is 0.200 e. The largest absolute Gasteiger partial charge is 0.491 e. The average Bonchev–Trinajstić information content (AvgIpc) is 2.82. The zero-order valence-corrected chi connectivity index (χ0v) is 19.3. The molecule has 0 atom stereocenters. The van der Waals surface area contributed by atoms with Crippen molar-refractivity contribution in [2.45, 2.75) is 65.2 Å². The van der Waals surface area contributed by atoms with Crippen LogP contribution >= 0.6 is 0 Å². The van der Waals surface area contributed by atoms with Crippen LogP contribution in [0.15, 0.2) is 60.7 Å². The number of ether oxygens (including phenoxy) is 1. The predicted molar refractivity (Wildman–Crippen MR) is 129 cm³/mol. The summed E-state index contributed by atoms with van der Waals surface area (Å²) in [5.74, 6) is -1.73. The van der Waals surface area contributed by atoms with Crippen LogP contribution in [-0.4, -0.2) is 6.61 Å². The zero-order chi connectivity index (χ0) is 22.8. The lowest BCUT2D eigenvalue weighted by Crippen LogP contribution is -2.02. The quantitative estimate of drug-likeness (QED) is 0.259. The molecule has 0 fully saturated rings. The molecule has 3 aromatic carbocycles. The monoisotopic (exact) mass is 436 g/mol. The fourth-order valence-electron chi connectivity index (χ4n) is 3.97. The van der Waals surface area contributed by atoms with E-state index in [1.165, 1.54) is 54.9 Å². The van der Waals surface area contributed by atoms with Crippen LogP contribution in [0.3, 0.4) is 0 Å². The summed E-state index contributed by atoms with van der Waals surface area (Å²) in [5.41, 5.74) is 5.24. The molecule has 1 nitrogen and oxygen atoms in total. The van der Waals surface area contributed by atoms with Gasteiger partial charge in [0.2, 0.25) is 5.82 Å². The topological polar surface area (TPSA) is 9.23 Å². The summed E-state index contributed by atoms with van der Waals surface area (Å²) < 4.78 is 33.5. The minimum atomic E-state index is -0.899. The van der Waals surface area contributed by atoms with E-state index >= 15 is 0 Å². The molecule has 0 bridgehead atoms. The fourth-order valence-corrected chi connectivity index (χ4v) is 3.97. The first-order chi connectivity index (χ1) is 15.6. The lowest BCUT2D eigenvalue weighted by Gasteiger charge is -2.10. The summed E-state index contributed by atoms with van der Waals surface area (Å²) in [6.07, 6.45) is 8.76. The molecule has 0 amide bonds. The standard InChI is InChI=1S/C29H34F2O/c1-3-5-6-7-8-9-22-10-15-24(16-11-22)25-17-12-23(13-18-25)14-19-26-20-21-27(32-4-2)29(31)28(26)30/h10-13,15-18,20-21H,3-9,14,19H2,1-2H3. The maximum absolute atomic E-state index is 14.3. The van der Waals surface area contributed by atoms with E-state index in [-0.39, 0.29) is 5.75 Å². The number of benzene rings is 3. The third-order valence-corrected chi connectivity index (χ3v) is 5.92. The molecule has 0 unspecified atom stereocenters. The van der Waals surface area contributed by atoms with E-state index in [4.69, 9.17) is 4.74 Å². The van der Waals surface area contributed by atoms with E-state index < -0.39 is 11.6 Å². The van der Waals surface area contributed by atoms with Gasteiger partial charge in [-0.25, -0.2) is 4.39 Å². The smallest absolute Gasteiger partial charge is 0.200 e. The SMILES string of the molecule is CCCCCCCc1ccc(-c2ccc(CCc3ccc(OCC)c(F)c3F)cc2)cc1. The van der Waals surface area contributed by atoms with Crippen LogP contribution in [-0.2, 0) is 19.3 Å². The molecular formula is C29H34F2O. The second-order valence-electron chi connectivity index (χ2n) is 8.34. The van der Waals surface area contributed by atoms with Crippen molar-refractivity contribution in [1.29, 1.82) is 0 Å². The predicted octanol–water partition coefficient (Wildman–Crippen LogP) is 8.33. The van der Waals surface area contributed by atoms with Crippen molar-refractivity contribution >= 4 is 0 Å². The molecule has 0 aromatic heterocycles. The molecule has 0 spiro atoms. The van der Waals surface area contributed by atoms with Gasteiger partial charge in [0.15, 0.2) is 11.6 Å². The van der Waals surface area contributed by atoms with Gasteiger partial charge in [-0.3, -0.25) is 0 Å². The highest BCUT2D eigenvalue weighted by Gasteiger charge is 2.14. The van der Waals surface area contributed by atoms with Gasteiger partial charge in [0.1, 0.15) is 0 Å². The van der Waals surface area contributed by atoms with Crippen LogP contribution < -0.4 is 4.74 Å². The zero-order valence-electron chi connectivity index (χ0n) is 19.3. The molecule has 3 aromatic rings. The normalized spacial score (nSPS) is 11.0. The number of aryl methyl sites for hydroxylation is 3. The highest BCUT2D eigenvalue weighted by molar-refractivity contribution is 5.64. The van der Waals surface area contributed by atoms with Crippen molar-refractivity contribution < 1.29 is 13.5 Å². The first-order valence-corrected chi connectivity index (χ1v) is 11.9. The second-order valence-corrected chi connectivity index (χ2v) is 8.34. The van der Waals surface area contributed by atoms with Gasteiger partial charge in [0.25, 0.3) is 0 Å². The molecule has 0 saturated heterocycles. The summed E-state index contributed by atoms with van der Waals surface area (Å²) >= 11 is 0. The molecule has 0 heterocycles. The van der Waals surface area contributed by atoms with Crippen LogP contribution in [0.4, 0.5) is 8.78 Å². The summed E-state index contributed by atoms with van der Waals surface area (Å²) in [4.78, 5) is 0. The molecule has 0 radical (unpaired) electrons. The summed E-state index contributed by atoms with van der Waals surface area (Å²) in [7, 11) is 0. The minimum Gasteiger partial charge on any atom is -0.491 e. The molecule has 3 heteroatoms. The van der Waals surface area contributed by atoms with E-state index in [9.17, 15) is 8.78 Å². The lowest BCUT2D eigenvalue weighted by atomic mass is 9.98. The molecule has 0 aliphatic heterocycles. The Hall–Kier alpha value is -2.68. The number of hydrogen-bond donors (Lipinski definition) is 0. The molecule has 0 saturated carbocycles. The van der Waals surface area contributed by atoms with Crippen molar-refractivity contribution in [2.24, 2.45) is 0 Å². The Morgan fingerprint density at radius 1 is 0.594 bits per heavy atom. The summed E-state index contributed by atoms with van der Waals surface area (Å²) in [5, 5.41) is 0.